The molecular weight excluding hydrogens is 308 g/mol. The molecule has 5 nitrogen and oxygen atoms in total. The molecule has 1 aromatic rings. The summed E-state index contributed by atoms with van der Waals surface area (Å²) in [6, 6.07) is 1.92. The van der Waals surface area contributed by atoms with Crippen LogP contribution in [-0.4, -0.2) is 28.4 Å². The van der Waals surface area contributed by atoms with E-state index in [-0.39, 0.29) is 11.9 Å². The summed E-state index contributed by atoms with van der Waals surface area (Å²) in [4.78, 5) is 18.7. The topological polar surface area (TPSA) is 71.2 Å². The van der Waals surface area contributed by atoms with Crippen molar-refractivity contribution >= 4 is 27.7 Å². The summed E-state index contributed by atoms with van der Waals surface area (Å²) in [5.74, 6) is 6.47. The minimum atomic E-state index is -0.0244. The highest BCUT2D eigenvalue weighted by Crippen LogP contribution is 2.31. The third-order valence-corrected chi connectivity index (χ3v) is 3.69. The van der Waals surface area contributed by atoms with Crippen molar-refractivity contribution in [3.63, 3.8) is 0 Å². The second kappa shape index (κ2) is 5.88. The summed E-state index contributed by atoms with van der Waals surface area (Å²) in [5.41, 5.74) is 2.99. The molecule has 1 aliphatic carbocycles. The fraction of sp³-hybridized carbons (Fsp3) is 0.538. The number of nitrogens with one attached hydrogen (secondary N) is 1. The summed E-state index contributed by atoms with van der Waals surface area (Å²) < 4.78 is 0.768. The van der Waals surface area contributed by atoms with Crippen LogP contribution in [-0.2, 0) is 0 Å². The van der Waals surface area contributed by atoms with Crippen molar-refractivity contribution in [2.24, 2.45) is 11.8 Å². The third-order valence-electron chi connectivity index (χ3n) is 3.26. The van der Waals surface area contributed by atoms with E-state index < -0.39 is 0 Å². The van der Waals surface area contributed by atoms with Gasteiger partial charge in [0.2, 0.25) is 0 Å². The van der Waals surface area contributed by atoms with Gasteiger partial charge in [0, 0.05) is 23.3 Å². The van der Waals surface area contributed by atoms with E-state index in [9.17, 15) is 4.79 Å². The van der Waals surface area contributed by atoms with E-state index in [1.807, 2.05) is 18.7 Å². The van der Waals surface area contributed by atoms with Gasteiger partial charge in [-0.15, -0.1) is 0 Å². The first-order chi connectivity index (χ1) is 9.02. The Hall–Kier alpha value is -1.14. The number of anilines is 1. The first kappa shape index (κ1) is 14.3. The standard InChI is InChI=1S/C13H19BrN4O/c1-8(2)18(7-9-3-4-9)13(19)11-5-10(14)6-16-12(11)17-15/h5-6,8-9H,3-4,7,15H2,1-2H3,(H,16,17). The summed E-state index contributed by atoms with van der Waals surface area (Å²) in [6.07, 6.45) is 4.05. The molecule has 0 unspecified atom stereocenters. The molecule has 0 spiro atoms. The zero-order valence-electron chi connectivity index (χ0n) is 11.2. The van der Waals surface area contributed by atoms with Gasteiger partial charge >= 0.3 is 0 Å². The van der Waals surface area contributed by atoms with E-state index in [4.69, 9.17) is 5.84 Å². The Morgan fingerprint density at radius 1 is 1.63 bits per heavy atom. The van der Waals surface area contributed by atoms with Crippen LogP contribution in [0.15, 0.2) is 16.7 Å². The second-order valence-electron chi connectivity index (χ2n) is 5.19. The second-order valence-corrected chi connectivity index (χ2v) is 6.10. The van der Waals surface area contributed by atoms with Crippen LogP contribution in [0.2, 0.25) is 0 Å². The van der Waals surface area contributed by atoms with Crippen LogP contribution < -0.4 is 11.3 Å². The zero-order chi connectivity index (χ0) is 14.0. The number of halogens is 1. The minimum absolute atomic E-state index is 0.0244. The van der Waals surface area contributed by atoms with Gasteiger partial charge in [0.1, 0.15) is 0 Å². The number of hydrogen-bond acceptors (Lipinski definition) is 4. The van der Waals surface area contributed by atoms with Gasteiger partial charge < -0.3 is 10.3 Å². The van der Waals surface area contributed by atoms with Crippen molar-refractivity contribution in [1.82, 2.24) is 9.88 Å². The molecule has 0 aromatic carbocycles. The molecule has 0 bridgehead atoms. The van der Waals surface area contributed by atoms with Gasteiger partial charge in [-0.25, -0.2) is 10.8 Å². The molecule has 19 heavy (non-hydrogen) atoms. The lowest BCUT2D eigenvalue weighted by atomic mass is 10.2. The van der Waals surface area contributed by atoms with Gasteiger partial charge in [-0.05, 0) is 54.6 Å². The van der Waals surface area contributed by atoms with Gasteiger partial charge in [0.15, 0.2) is 5.82 Å². The average Bonchev–Trinajstić information content (AvgIpc) is 3.18. The molecule has 1 fully saturated rings. The molecule has 2 rings (SSSR count). The van der Waals surface area contributed by atoms with E-state index >= 15 is 0 Å². The van der Waals surface area contributed by atoms with Crippen LogP contribution in [0.4, 0.5) is 5.82 Å². The summed E-state index contributed by atoms with van der Waals surface area (Å²) in [5, 5.41) is 0. The number of nitrogen functional groups attached to an aromatic ring is 1. The lowest BCUT2D eigenvalue weighted by Crippen LogP contribution is -2.39. The predicted molar refractivity (Wildman–Crippen MR) is 78.6 cm³/mol. The first-order valence-electron chi connectivity index (χ1n) is 6.46. The highest BCUT2D eigenvalue weighted by Gasteiger charge is 2.29. The smallest absolute Gasteiger partial charge is 0.257 e. The number of rotatable bonds is 5. The quantitative estimate of drug-likeness (QED) is 0.643. The number of hydrazine groups is 1. The summed E-state index contributed by atoms with van der Waals surface area (Å²) >= 11 is 3.34. The minimum Gasteiger partial charge on any atom is -0.336 e. The Morgan fingerprint density at radius 2 is 2.32 bits per heavy atom. The fourth-order valence-electron chi connectivity index (χ4n) is 1.98. The molecule has 0 aliphatic heterocycles. The van der Waals surface area contributed by atoms with Gasteiger partial charge in [0.05, 0.1) is 5.56 Å². The van der Waals surface area contributed by atoms with E-state index in [0.717, 1.165) is 11.0 Å². The summed E-state index contributed by atoms with van der Waals surface area (Å²) in [7, 11) is 0. The molecule has 0 saturated heterocycles. The molecule has 1 amide bonds. The van der Waals surface area contributed by atoms with Crippen molar-refractivity contribution in [3.05, 3.63) is 22.3 Å². The number of nitrogens with zero attached hydrogens (tertiary/aromatic N) is 2. The lowest BCUT2D eigenvalue weighted by Gasteiger charge is -2.27. The number of pyridine rings is 1. The highest BCUT2D eigenvalue weighted by atomic mass is 79.9. The SMILES string of the molecule is CC(C)N(CC1CC1)C(=O)c1cc(Br)cnc1NN. The van der Waals surface area contributed by atoms with Crippen molar-refractivity contribution in [2.45, 2.75) is 32.7 Å². The number of carbonyl (C=O) groups is 1. The molecule has 6 heteroatoms. The predicted octanol–water partition coefficient (Wildman–Crippen LogP) is 2.39. The maximum absolute atomic E-state index is 12.7. The fourth-order valence-corrected chi connectivity index (χ4v) is 2.31. The van der Waals surface area contributed by atoms with Crippen molar-refractivity contribution in [2.75, 3.05) is 12.0 Å². The highest BCUT2D eigenvalue weighted by molar-refractivity contribution is 9.10. The van der Waals surface area contributed by atoms with E-state index in [1.165, 1.54) is 12.8 Å². The molecule has 1 saturated carbocycles. The molecule has 1 aliphatic rings. The normalized spacial score (nSPS) is 14.6. The van der Waals surface area contributed by atoms with Gasteiger partial charge in [0.25, 0.3) is 5.91 Å². The van der Waals surface area contributed by atoms with E-state index in [0.29, 0.717) is 17.3 Å². The van der Waals surface area contributed by atoms with Gasteiger partial charge in [-0.2, -0.15) is 0 Å². The van der Waals surface area contributed by atoms with Crippen LogP contribution in [0.25, 0.3) is 0 Å². The average molecular weight is 327 g/mol. The zero-order valence-corrected chi connectivity index (χ0v) is 12.8. The third kappa shape index (κ3) is 3.45. The van der Waals surface area contributed by atoms with Crippen LogP contribution in [0, 0.1) is 5.92 Å². The molecule has 104 valence electrons. The largest absolute Gasteiger partial charge is 0.336 e. The first-order valence-corrected chi connectivity index (χ1v) is 7.25. The van der Waals surface area contributed by atoms with E-state index in [1.54, 1.807) is 12.3 Å². The number of hydrogen-bond donors (Lipinski definition) is 2. The number of nitrogens with two attached hydrogens (primary N) is 1. The van der Waals surface area contributed by atoms with Crippen molar-refractivity contribution in [3.8, 4) is 0 Å². The Bertz CT molecular complexity index is 474. The van der Waals surface area contributed by atoms with Crippen molar-refractivity contribution < 1.29 is 4.79 Å². The molecule has 1 heterocycles. The maximum atomic E-state index is 12.7. The molecule has 1 aromatic heterocycles. The van der Waals surface area contributed by atoms with Gasteiger partial charge in [-0.1, -0.05) is 0 Å². The Morgan fingerprint density at radius 3 is 2.84 bits per heavy atom. The number of carbonyl (C=O) groups excluding carboxylic acids is 1. The Kier molecular flexibility index (Phi) is 4.42. The van der Waals surface area contributed by atoms with Crippen LogP contribution in [0.1, 0.15) is 37.0 Å². The van der Waals surface area contributed by atoms with E-state index in [2.05, 4.69) is 26.3 Å². The Balaban J connectivity index is 2.26. The summed E-state index contributed by atoms with van der Waals surface area (Å²) in [6.45, 7) is 4.87. The molecule has 3 N–H and O–H groups in total. The number of aromatic nitrogens is 1. The van der Waals surface area contributed by atoms with Crippen LogP contribution in [0.5, 0.6) is 0 Å². The Labute approximate surface area is 121 Å². The van der Waals surface area contributed by atoms with Crippen molar-refractivity contribution in [1.29, 1.82) is 0 Å². The molecule has 0 atom stereocenters. The number of amides is 1. The van der Waals surface area contributed by atoms with Crippen LogP contribution in [0.3, 0.4) is 0 Å². The molecule has 0 radical (unpaired) electrons. The lowest BCUT2D eigenvalue weighted by molar-refractivity contribution is 0.0696. The van der Waals surface area contributed by atoms with Crippen LogP contribution >= 0.6 is 15.9 Å². The van der Waals surface area contributed by atoms with Gasteiger partial charge in [-0.3, -0.25) is 4.79 Å². The molecular formula is C13H19BrN4O. The monoisotopic (exact) mass is 326 g/mol. The maximum Gasteiger partial charge on any atom is 0.257 e.